The predicted molar refractivity (Wildman–Crippen MR) is 121 cm³/mol. The Morgan fingerprint density at radius 1 is 0.968 bits per heavy atom. The Labute approximate surface area is 183 Å². The van der Waals surface area contributed by atoms with Gasteiger partial charge in [-0.3, -0.25) is 4.79 Å². The minimum atomic E-state index is -3.74. The van der Waals surface area contributed by atoms with Crippen LogP contribution in [-0.2, 0) is 23.0 Å². The van der Waals surface area contributed by atoms with E-state index in [0.717, 1.165) is 22.4 Å². The molecule has 31 heavy (non-hydrogen) atoms. The summed E-state index contributed by atoms with van der Waals surface area (Å²) < 4.78 is 33.2. The molecule has 0 aliphatic rings. The summed E-state index contributed by atoms with van der Waals surface area (Å²) >= 11 is 0. The second-order valence-electron chi connectivity index (χ2n) is 7.16. The Hall–Kier alpha value is -3.16. The molecule has 0 aliphatic carbocycles. The van der Waals surface area contributed by atoms with Crippen molar-refractivity contribution in [1.29, 1.82) is 0 Å². The van der Waals surface area contributed by atoms with Crippen LogP contribution in [0.2, 0.25) is 0 Å². The molecule has 3 aromatic rings. The normalized spacial score (nSPS) is 11.2. The number of hydrogen-bond donors (Lipinski definition) is 2. The number of rotatable bonds is 9. The molecule has 3 rings (SSSR count). The van der Waals surface area contributed by atoms with E-state index in [4.69, 9.17) is 4.74 Å². The van der Waals surface area contributed by atoms with E-state index in [1.165, 1.54) is 12.1 Å². The molecule has 1 amide bonds. The highest BCUT2D eigenvalue weighted by Gasteiger charge is 2.16. The number of benzene rings is 3. The van der Waals surface area contributed by atoms with Gasteiger partial charge in [0.1, 0.15) is 5.75 Å². The molecule has 0 unspecified atom stereocenters. The molecule has 6 nitrogen and oxygen atoms in total. The number of amides is 1. The van der Waals surface area contributed by atoms with E-state index in [1.54, 1.807) is 19.2 Å². The van der Waals surface area contributed by atoms with Crippen LogP contribution in [0.3, 0.4) is 0 Å². The molecule has 0 aromatic heterocycles. The van der Waals surface area contributed by atoms with Gasteiger partial charge in [-0.2, -0.15) is 0 Å². The molecule has 0 saturated carbocycles. The third-order valence-corrected chi connectivity index (χ3v) is 6.23. The van der Waals surface area contributed by atoms with Crippen molar-refractivity contribution in [2.75, 3.05) is 13.7 Å². The largest absolute Gasteiger partial charge is 0.496 e. The van der Waals surface area contributed by atoms with E-state index >= 15 is 0 Å². The molecular formula is C24H26N2O4S. The van der Waals surface area contributed by atoms with Gasteiger partial charge in [0.05, 0.1) is 12.0 Å². The maximum Gasteiger partial charge on any atom is 0.251 e. The molecule has 3 aromatic carbocycles. The average Bonchev–Trinajstić information content (AvgIpc) is 2.78. The summed E-state index contributed by atoms with van der Waals surface area (Å²) in [6, 6.07) is 21.2. The van der Waals surface area contributed by atoms with E-state index in [2.05, 4.69) is 10.0 Å². The van der Waals surface area contributed by atoms with E-state index in [9.17, 15) is 13.2 Å². The average molecular weight is 439 g/mol. The smallest absolute Gasteiger partial charge is 0.251 e. The first-order valence-corrected chi connectivity index (χ1v) is 11.4. The molecule has 0 bridgehead atoms. The van der Waals surface area contributed by atoms with Crippen molar-refractivity contribution in [3.8, 4) is 5.75 Å². The molecule has 162 valence electrons. The zero-order chi connectivity index (χ0) is 22.3. The topological polar surface area (TPSA) is 84.5 Å². The van der Waals surface area contributed by atoms with E-state index < -0.39 is 10.0 Å². The van der Waals surface area contributed by atoms with Crippen molar-refractivity contribution in [2.45, 2.75) is 24.8 Å². The number of aryl methyl sites for hydroxylation is 1. The highest BCUT2D eigenvalue weighted by atomic mass is 32.2. The standard InChI is InChI=1S/C24H26N2O4S/c1-18-11-12-23(30-2)20(15-18)13-14-25-24(27)21-9-6-10-22(16-21)31(28,29)26-17-19-7-4-3-5-8-19/h3-12,15-16,26H,13-14,17H2,1-2H3,(H,25,27). The number of carbonyl (C=O) groups is 1. The summed E-state index contributed by atoms with van der Waals surface area (Å²) in [6.45, 7) is 2.58. The Kier molecular flexibility index (Phi) is 7.44. The fourth-order valence-electron chi connectivity index (χ4n) is 3.18. The lowest BCUT2D eigenvalue weighted by molar-refractivity contribution is 0.0954. The monoisotopic (exact) mass is 438 g/mol. The van der Waals surface area contributed by atoms with Crippen molar-refractivity contribution < 1.29 is 17.9 Å². The quantitative estimate of drug-likeness (QED) is 0.536. The molecule has 0 heterocycles. The highest BCUT2D eigenvalue weighted by molar-refractivity contribution is 7.89. The van der Waals surface area contributed by atoms with Gasteiger partial charge in [0.25, 0.3) is 5.91 Å². The lowest BCUT2D eigenvalue weighted by Gasteiger charge is -2.11. The van der Waals surface area contributed by atoms with Crippen LogP contribution in [0, 0.1) is 6.92 Å². The summed E-state index contributed by atoms with van der Waals surface area (Å²) in [7, 11) is -2.12. The van der Waals surface area contributed by atoms with Crippen LogP contribution in [0.5, 0.6) is 5.75 Å². The lowest BCUT2D eigenvalue weighted by atomic mass is 10.1. The molecular weight excluding hydrogens is 412 g/mol. The van der Waals surface area contributed by atoms with Gasteiger partial charge < -0.3 is 10.1 Å². The van der Waals surface area contributed by atoms with Gasteiger partial charge >= 0.3 is 0 Å². The number of hydrogen-bond acceptors (Lipinski definition) is 4. The number of nitrogens with one attached hydrogen (secondary N) is 2. The molecule has 0 aliphatic heterocycles. The van der Waals surface area contributed by atoms with Gasteiger partial charge in [-0.15, -0.1) is 0 Å². The van der Waals surface area contributed by atoms with Crippen LogP contribution in [0.1, 0.15) is 27.0 Å². The molecule has 0 saturated heterocycles. The third kappa shape index (κ3) is 6.16. The van der Waals surface area contributed by atoms with Gasteiger partial charge in [-0.25, -0.2) is 13.1 Å². The first-order valence-electron chi connectivity index (χ1n) is 9.94. The minimum Gasteiger partial charge on any atom is -0.496 e. The lowest BCUT2D eigenvalue weighted by Crippen LogP contribution is -2.27. The van der Waals surface area contributed by atoms with Crippen LogP contribution >= 0.6 is 0 Å². The summed E-state index contributed by atoms with van der Waals surface area (Å²) in [5, 5.41) is 2.85. The number of carbonyl (C=O) groups excluding carboxylic acids is 1. The van der Waals surface area contributed by atoms with Gasteiger partial charge in [0.15, 0.2) is 0 Å². The Balaban J connectivity index is 1.62. The van der Waals surface area contributed by atoms with Crippen molar-refractivity contribution in [3.63, 3.8) is 0 Å². The third-order valence-electron chi connectivity index (χ3n) is 4.83. The Bertz CT molecular complexity index is 1150. The zero-order valence-electron chi connectivity index (χ0n) is 17.6. The number of methoxy groups -OCH3 is 1. The van der Waals surface area contributed by atoms with Crippen LogP contribution in [0.25, 0.3) is 0 Å². The SMILES string of the molecule is COc1ccc(C)cc1CCNC(=O)c1cccc(S(=O)(=O)NCc2ccccc2)c1. The second kappa shape index (κ2) is 10.2. The van der Waals surface area contributed by atoms with Gasteiger partial charge in [0, 0.05) is 18.7 Å². The fourth-order valence-corrected chi connectivity index (χ4v) is 4.24. The van der Waals surface area contributed by atoms with Crippen LogP contribution in [-0.4, -0.2) is 28.0 Å². The van der Waals surface area contributed by atoms with Crippen molar-refractivity contribution in [3.05, 3.63) is 95.1 Å². The molecule has 0 spiro atoms. The summed E-state index contributed by atoms with van der Waals surface area (Å²) in [4.78, 5) is 12.6. The molecule has 2 N–H and O–H groups in total. The van der Waals surface area contributed by atoms with Crippen molar-refractivity contribution >= 4 is 15.9 Å². The zero-order valence-corrected chi connectivity index (χ0v) is 18.4. The van der Waals surface area contributed by atoms with Crippen molar-refractivity contribution in [1.82, 2.24) is 10.0 Å². The van der Waals surface area contributed by atoms with Crippen LogP contribution in [0.4, 0.5) is 0 Å². The second-order valence-corrected chi connectivity index (χ2v) is 8.93. The van der Waals surface area contributed by atoms with E-state index in [0.29, 0.717) is 18.5 Å². The highest BCUT2D eigenvalue weighted by Crippen LogP contribution is 2.20. The summed E-state index contributed by atoms with van der Waals surface area (Å²) in [6.07, 6.45) is 0.604. The molecule has 0 fully saturated rings. The summed E-state index contributed by atoms with van der Waals surface area (Å²) in [5.74, 6) is 0.448. The maximum absolute atomic E-state index is 12.6. The first kappa shape index (κ1) is 22.5. The number of sulfonamides is 1. The predicted octanol–water partition coefficient (Wildman–Crippen LogP) is 3.45. The van der Waals surface area contributed by atoms with Crippen LogP contribution < -0.4 is 14.8 Å². The van der Waals surface area contributed by atoms with E-state index in [1.807, 2.05) is 55.5 Å². The molecule has 0 radical (unpaired) electrons. The van der Waals surface area contributed by atoms with Gasteiger partial charge in [0.2, 0.25) is 10.0 Å². The first-order chi connectivity index (χ1) is 14.9. The van der Waals surface area contributed by atoms with Gasteiger partial charge in [-0.1, -0.05) is 54.1 Å². The van der Waals surface area contributed by atoms with Crippen molar-refractivity contribution in [2.24, 2.45) is 0 Å². The number of ether oxygens (including phenoxy) is 1. The fraction of sp³-hybridized carbons (Fsp3) is 0.208. The minimum absolute atomic E-state index is 0.0523. The molecule has 0 atom stereocenters. The van der Waals surface area contributed by atoms with E-state index in [-0.39, 0.29) is 17.3 Å². The molecule has 7 heteroatoms. The maximum atomic E-state index is 12.6. The Morgan fingerprint density at radius 3 is 2.48 bits per heavy atom. The van der Waals surface area contributed by atoms with Gasteiger partial charge in [-0.05, 0) is 48.7 Å². The van der Waals surface area contributed by atoms with Crippen LogP contribution in [0.15, 0.2) is 77.7 Å². The summed E-state index contributed by atoms with van der Waals surface area (Å²) in [5.41, 5.74) is 3.26. The Morgan fingerprint density at radius 2 is 1.74 bits per heavy atom.